The van der Waals surface area contributed by atoms with E-state index >= 15 is 0 Å². The van der Waals surface area contributed by atoms with Crippen LogP contribution in [0.15, 0.2) is 118 Å². The zero-order chi connectivity index (χ0) is 40.0. The molecule has 1 aliphatic carbocycles. The third-order valence-electron chi connectivity index (χ3n) is 13.6. The summed E-state index contributed by atoms with van der Waals surface area (Å²) in [6, 6.07) is 36.0. The van der Waals surface area contributed by atoms with Crippen LogP contribution in [-0.4, -0.2) is 21.0 Å². The average molecular weight is 767 g/mol. The van der Waals surface area contributed by atoms with Crippen molar-refractivity contribution in [3.63, 3.8) is 0 Å². The second-order valence-electron chi connectivity index (χ2n) is 18.5. The lowest BCUT2D eigenvalue weighted by molar-refractivity contribution is -0.0137. The summed E-state index contributed by atoms with van der Waals surface area (Å²) in [7, 11) is 0. The van der Waals surface area contributed by atoms with Crippen molar-refractivity contribution in [3.05, 3.63) is 148 Å². The predicted octanol–water partition coefficient (Wildman–Crippen LogP) is 13.4. The Bertz CT molecular complexity index is 2910. The van der Waals surface area contributed by atoms with Gasteiger partial charge in [0.05, 0.1) is 22.4 Å². The first kappa shape index (κ1) is 36.0. The molecule has 6 heteroatoms. The van der Waals surface area contributed by atoms with Crippen LogP contribution < -0.4 is 4.90 Å². The maximum atomic E-state index is 7.26. The summed E-state index contributed by atoms with van der Waals surface area (Å²) in [5.41, 5.74) is 14.2. The number of rotatable bonds is 3. The summed E-state index contributed by atoms with van der Waals surface area (Å²) in [5.74, 6) is 1.65. The van der Waals surface area contributed by atoms with Crippen molar-refractivity contribution in [1.29, 1.82) is 0 Å². The lowest BCUT2D eigenvalue weighted by atomic mass is 9.70. The van der Waals surface area contributed by atoms with Gasteiger partial charge in [-0.1, -0.05) is 100 Å². The van der Waals surface area contributed by atoms with Crippen molar-refractivity contribution in [1.82, 2.24) is 9.55 Å². The van der Waals surface area contributed by atoms with Crippen LogP contribution in [0.3, 0.4) is 0 Å². The third-order valence-corrected chi connectivity index (χ3v) is 14.7. The van der Waals surface area contributed by atoms with E-state index in [1.807, 2.05) is 18.0 Å². The molecule has 0 saturated heterocycles. The standard InChI is InChI=1S/C51H50N4OS/c1-29-22-32(4)46-37(23-29)50(10)51(11,49(46,8)9)56-47(53-50)35-26-40(31(3)24-30(35)2)54-39-18-14-15-19-43(39)57-44-27-36-34-16-12-13-17-38(34)55(41(36)28-42(44)54)45-25-33(20-21-52-45)48(5,6)7/h12-28H,1-11H3/t50-,51+/m1/s1. The minimum absolute atomic E-state index is 0.00865. The van der Waals surface area contributed by atoms with Gasteiger partial charge in [-0.15, -0.1) is 0 Å². The molecule has 5 aromatic carbocycles. The molecule has 0 bridgehead atoms. The van der Waals surface area contributed by atoms with E-state index in [-0.39, 0.29) is 10.8 Å². The van der Waals surface area contributed by atoms with Crippen LogP contribution in [0.2, 0.25) is 0 Å². The van der Waals surface area contributed by atoms with E-state index in [0.717, 1.165) is 50.9 Å². The number of aromatic nitrogens is 2. The summed E-state index contributed by atoms with van der Waals surface area (Å²) in [5, 5.41) is 2.44. The molecule has 10 rings (SSSR count). The first-order valence-corrected chi connectivity index (χ1v) is 21.0. The summed E-state index contributed by atoms with van der Waals surface area (Å²) in [4.78, 5) is 15.5. The van der Waals surface area contributed by atoms with Gasteiger partial charge < -0.3 is 9.64 Å². The number of para-hydroxylation sites is 2. The molecule has 0 saturated carbocycles. The van der Waals surface area contributed by atoms with Gasteiger partial charge in [0.2, 0.25) is 5.90 Å². The summed E-state index contributed by atoms with van der Waals surface area (Å²) >= 11 is 1.84. The first-order valence-electron chi connectivity index (χ1n) is 20.2. The molecule has 0 N–H and O–H groups in total. The van der Waals surface area contributed by atoms with Crippen LogP contribution in [0.4, 0.5) is 17.1 Å². The summed E-state index contributed by atoms with van der Waals surface area (Å²) < 4.78 is 9.61. The quantitative estimate of drug-likeness (QED) is 0.180. The minimum atomic E-state index is -0.563. The van der Waals surface area contributed by atoms with E-state index in [4.69, 9.17) is 14.7 Å². The van der Waals surface area contributed by atoms with Gasteiger partial charge in [0.15, 0.2) is 0 Å². The fourth-order valence-corrected chi connectivity index (χ4v) is 11.3. The Hall–Kier alpha value is -5.33. The largest absolute Gasteiger partial charge is 0.467 e. The SMILES string of the molecule is Cc1cc(C)c2c(c1)[C@@]1(C)N=C(c3cc(N4c5ccccc5Sc5cc6c7ccccc7n(-c7cc(C(C)(C)C)ccn7)c6cc54)c(C)cc3C)O[C@@]1(C)C2(C)C. The highest BCUT2D eigenvalue weighted by Gasteiger charge is 2.68. The Balaban J connectivity index is 1.19. The number of aliphatic imine (C=N–C) groups is 1. The molecule has 0 unspecified atom stereocenters. The number of hydrogen-bond donors (Lipinski definition) is 0. The Morgan fingerprint density at radius 2 is 1.42 bits per heavy atom. The maximum Gasteiger partial charge on any atom is 0.218 e. The zero-order valence-corrected chi connectivity index (χ0v) is 35.7. The van der Waals surface area contributed by atoms with Crippen LogP contribution in [-0.2, 0) is 21.1 Å². The number of anilines is 3. The van der Waals surface area contributed by atoms with Crippen molar-refractivity contribution >= 4 is 56.5 Å². The molecule has 2 aliphatic heterocycles. The second kappa shape index (κ2) is 11.9. The van der Waals surface area contributed by atoms with Gasteiger partial charge in [-0.05, 0) is 129 Å². The van der Waals surface area contributed by atoms with E-state index in [1.165, 1.54) is 53.9 Å². The molecule has 2 aromatic heterocycles. The van der Waals surface area contributed by atoms with Crippen LogP contribution in [0, 0.1) is 27.7 Å². The molecule has 5 nitrogen and oxygen atoms in total. The number of fused-ring (bicyclic) bond motifs is 8. The van der Waals surface area contributed by atoms with E-state index in [1.54, 1.807) is 0 Å². The monoisotopic (exact) mass is 766 g/mol. The van der Waals surface area contributed by atoms with Crippen LogP contribution in [0.1, 0.15) is 93.0 Å². The van der Waals surface area contributed by atoms with Crippen molar-refractivity contribution < 1.29 is 4.74 Å². The van der Waals surface area contributed by atoms with Gasteiger partial charge in [-0.25, -0.2) is 9.98 Å². The van der Waals surface area contributed by atoms with Gasteiger partial charge in [-0.3, -0.25) is 4.57 Å². The van der Waals surface area contributed by atoms with E-state index in [9.17, 15) is 0 Å². The Morgan fingerprint density at radius 1 is 0.667 bits per heavy atom. The van der Waals surface area contributed by atoms with Crippen LogP contribution in [0.25, 0.3) is 27.6 Å². The maximum absolute atomic E-state index is 7.26. The normalized spacial score (nSPS) is 20.6. The molecule has 0 fully saturated rings. The van der Waals surface area contributed by atoms with Crippen LogP contribution in [0.5, 0.6) is 0 Å². The van der Waals surface area contributed by atoms with Crippen molar-refractivity contribution in [2.24, 2.45) is 4.99 Å². The van der Waals surface area contributed by atoms with Gasteiger partial charge >= 0.3 is 0 Å². The summed E-state index contributed by atoms with van der Waals surface area (Å²) in [6.45, 7) is 24.8. The van der Waals surface area contributed by atoms with Crippen molar-refractivity contribution in [2.75, 3.05) is 4.90 Å². The molecule has 0 spiro atoms. The van der Waals surface area contributed by atoms with Crippen LogP contribution >= 0.6 is 11.8 Å². The molecule has 4 heterocycles. The van der Waals surface area contributed by atoms with Gasteiger partial charge in [0.1, 0.15) is 17.0 Å². The molecular weight excluding hydrogens is 717 g/mol. The lowest BCUT2D eigenvalue weighted by Gasteiger charge is -2.41. The van der Waals surface area contributed by atoms with Gasteiger partial charge in [0.25, 0.3) is 0 Å². The number of hydrogen-bond acceptors (Lipinski definition) is 5. The first-order chi connectivity index (χ1) is 27.0. The molecule has 286 valence electrons. The van der Waals surface area contributed by atoms with E-state index in [0.29, 0.717) is 0 Å². The fraction of sp³-hybridized carbons (Fsp3) is 0.294. The third kappa shape index (κ3) is 4.89. The highest BCUT2D eigenvalue weighted by Crippen LogP contribution is 2.63. The predicted molar refractivity (Wildman–Crippen MR) is 238 cm³/mol. The minimum Gasteiger partial charge on any atom is -0.467 e. The number of aryl methyl sites for hydroxylation is 4. The van der Waals surface area contributed by atoms with Crippen molar-refractivity contribution in [2.45, 2.75) is 108 Å². The number of ether oxygens (including phenoxy) is 1. The zero-order valence-electron chi connectivity index (χ0n) is 34.9. The Kier molecular flexibility index (Phi) is 7.50. The summed E-state index contributed by atoms with van der Waals surface area (Å²) in [6.07, 6.45) is 1.95. The van der Waals surface area contributed by atoms with Crippen molar-refractivity contribution in [3.8, 4) is 5.82 Å². The molecule has 2 atom stereocenters. The smallest absolute Gasteiger partial charge is 0.218 e. The highest BCUT2D eigenvalue weighted by molar-refractivity contribution is 7.99. The average Bonchev–Trinajstić information content (AvgIpc) is 3.68. The molecule has 3 aliphatic rings. The fourth-order valence-electron chi connectivity index (χ4n) is 10.3. The van der Waals surface area contributed by atoms with Gasteiger partial charge in [-0.2, -0.15) is 0 Å². The number of benzene rings is 5. The number of nitrogens with zero attached hydrogens (tertiary/aromatic N) is 4. The Labute approximate surface area is 340 Å². The van der Waals surface area contributed by atoms with E-state index in [2.05, 4.69) is 183 Å². The highest BCUT2D eigenvalue weighted by atomic mass is 32.2. The molecule has 0 amide bonds. The molecule has 7 aromatic rings. The second-order valence-corrected chi connectivity index (χ2v) is 19.5. The van der Waals surface area contributed by atoms with E-state index < -0.39 is 11.1 Å². The molecule has 57 heavy (non-hydrogen) atoms. The van der Waals surface area contributed by atoms with Gasteiger partial charge in [0, 0.05) is 43.4 Å². The Morgan fingerprint density at radius 3 is 2.21 bits per heavy atom. The molecule has 0 radical (unpaired) electrons. The number of pyridine rings is 1. The topological polar surface area (TPSA) is 42.7 Å². The lowest BCUT2D eigenvalue weighted by Crippen LogP contribution is -2.51. The molecular formula is C51H50N4OS.